The predicted molar refractivity (Wildman–Crippen MR) is 94.8 cm³/mol. The number of rotatable bonds is 5. The highest BCUT2D eigenvalue weighted by atomic mass is 16.7. The number of fused-ring (bicyclic) bond motifs is 2. The maximum atomic E-state index is 12.6. The third-order valence-electron chi connectivity index (χ3n) is 4.52. The molecule has 0 saturated carbocycles. The van der Waals surface area contributed by atoms with Crippen molar-refractivity contribution >= 4 is 11.8 Å². The smallest absolute Gasteiger partial charge is 0.258 e. The van der Waals surface area contributed by atoms with Gasteiger partial charge in [0.1, 0.15) is 0 Å². The molecule has 2 aliphatic rings. The molecule has 0 spiro atoms. The summed E-state index contributed by atoms with van der Waals surface area (Å²) in [6, 6.07) is 7.30. The topological polar surface area (TPSA) is 90.0 Å². The number of carbonyl (C=O) groups is 2. The van der Waals surface area contributed by atoms with E-state index in [0.29, 0.717) is 36.6 Å². The van der Waals surface area contributed by atoms with E-state index in [9.17, 15) is 9.59 Å². The molecule has 27 heavy (non-hydrogen) atoms. The van der Waals surface area contributed by atoms with E-state index in [1.165, 1.54) is 0 Å². The minimum absolute atomic E-state index is 0.0600. The quantitative estimate of drug-likeness (QED) is 0.850. The molecule has 0 saturated heterocycles. The van der Waals surface area contributed by atoms with Crippen LogP contribution >= 0.6 is 0 Å². The van der Waals surface area contributed by atoms with Crippen LogP contribution in [-0.4, -0.2) is 48.7 Å². The van der Waals surface area contributed by atoms with Gasteiger partial charge in [0.2, 0.25) is 12.5 Å². The highest BCUT2D eigenvalue weighted by Gasteiger charge is 2.33. The number of carbonyl (C=O) groups excluding carboxylic acids is 2. The fraction of sp³-hybridized carbons (Fsp3) is 0.316. The molecular weight excluding hydrogens is 350 g/mol. The van der Waals surface area contributed by atoms with Crippen LogP contribution in [0.2, 0.25) is 0 Å². The lowest BCUT2D eigenvalue weighted by molar-refractivity contribution is -0.123. The van der Waals surface area contributed by atoms with E-state index in [-0.39, 0.29) is 31.0 Å². The summed E-state index contributed by atoms with van der Waals surface area (Å²) in [6.45, 7) is 0.741. The first kappa shape index (κ1) is 17.1. The largest absolute Gasteiger partial charge is 0.479 e. The number of pyridine rings is 1. The standard InChI is InChI=1S/C19H19N3O5/c1-22-7-5-12-8-14-17(27-11-26-14)18(16(12)19(22)24)25-10-15(23)21-9-13-4-2-3-6-20-13/h2-4,6,8H,5,7,9-11H2,1H3,(H,21,23). The zero-order valence-corrected chi connectivity index (χ0v) is 14.9. The van der Waals surface area contributed by atoms with E-state index in [4.69, 9.17) is 14.2 Å². The van der Waals surface area contributed by atoms with Crippen molar-refractivity contribution in [2.45, 2.75) is 13.0 Å². The lowest BCUT2D eigenvalue weighted by Crippen LogP contribution is -2.35. The highest BCUT2D eigenvalue weighted by molar-refractivity contribution is 6.01. The Bertz CT molecular complexity index is 885. The van der Waals surface area contributed by atoms with Crippen molar-refractivity contribution in [2.24, 2.45) is 0 Å². The lowest BCUT2D eigenvalue weighted by atomic mass is 9.97. The first-order valence-electron chi connectivity index (χ1n) is 8.64. The van der Waals surface area contributed by atoms with Crippen molar-refractivity contribution < 1.29 is 23.8 Å². The molecule has 0 atom stereocenters. The number of aromatic nitrogens is 1. The van der Waals surface area contributed by atoms with Crippen LogP contribution in [0.4, 0.5) is 0 Å². The molecule has 8 nitrogen and oxygen atoms in total. The van der Waals surface area contributed by atoms with Gasteiger partial charge in [-0.15, -0.1) is 0 Å². The Morgan fingerprint density at radius 2 is 2.26 bits per heavy atom. The van der Waals surface area contributed by atoms with Gasteiger partial charge in [0.15, 0.2) is 18.1 Å². The zero-order chi connectivity index (χ0) is 18.8. The van der Waals surface area contributed by atoms with Gasteiger partial charge in [0.05, 0.1) is 17.8 Å². The third kappa shape index (κ3) is 3.38. The van der Waals surface area contributed by atoms with Crippen LogP contribution in [-0.2, 0) is 17.8 Å². The van der Waals surface area contributed by atoms with Gasteiger partial charge in [-0.25, -0.2) is 0 Å². The molecule has 0 bridgehead atoms. The Balaban J connectivity index is 1.51. The monoisotopic (exact) mass is 369 g/mol. The zero-order valence-electron chi connectivity index (χ0n) is 14.9. The average Bonchev–Trinajstić information content (AvgIpc) is 3.16. The maximum Gasteiger partial charge on any atom is 0.258 e. The SMILES string of the molecule is CN1CCc2cc3c(c(OCC(=O)NCc4ccccn4)c2C1=O)OCO3. The van der Waals surface area contributed by atoms with Crippen LogP contribution in [0, 0.1) is 0 Å². The molecule has 0 fully saturated rings. The molecule has 2 aromatic rings. The molecule has 140 valence electrons. The highest BCUT2D eigenvalue weighted by Crippen LogP contribution is 2.46. The number of nitrogens with one attached hydrogen (secondary N) is 1. The molecule has 1 N–H and O–H groups in total. The number of ether oxygens (including phenoxy) is 3. The second kappa shape index (κ2) is 7.14. The molecule has 2 amide bonds. The molecule has 2 aliphatic heterocycles. The average molecular weight is 369 g/mol. The third-order valence-corrected chi connectivity index (χ3v) is 4.52. The molecule has 4 rings (SSSR count). The van der Waals surface area contributed by atoms with Gasteiger partial charge < -0.3 is 24.4 Å². The number of hydrogen-bond donors (Lipinski definition) is 1. The first-order valence-corrected chi connectivity index (χ1v) is 8.64. The fourth-order valence-corrected chi connectivity index (χ4v) is 3.09. The van der Waals surface area contributed by atoms with E-state index < -0.39 is 0 Å². The summed E-state index contributed by atoms with van der Waals surface area (Å²) >= 11 is 0. The second-order valence-electron chi connectivity index (χ2n) is 6.34. The lowest BCUT2D eigenvalue weighted by Gasteiger charge is -2.27. The van der Waals surface area contributed by atoms with Gasteiger partial charge in [-0.05, 0) is 30.2 Å². The van der Waals surface area contributed by atoms with E-state index in [1.807, 2.05) is 24.3 Å². The van der Waals surface area contributed by atoms with Crippen LogP contribution < -0.4 is 19.5 Å². The van der Waals surface area contributed by atoms with Gasteiger partial charge in [0, 0.05) is 19.8 Å². The van der Waals surface area contributed by atoms with Crippen LogP contribution in [0.3, 0.4) is 0 Å². The van der Waals surface area contributed by atoms with E-state index in [1.54, 1.807) is 18.1 Å². The predicted octanol–water partition coefficient (Wildman–Crippen LogP) is 1.13. The minimum Gasteiger partial charge on any atom is -0.479 e. The number of benzene rings is 1. The Hall–Kier alpha value is -3.29. The van der Waals surface area contributed by atoms with Crippen molar-refractivity contribution in [3.8, 4) is 17.2 Å². The van der Waals surface area contributed by atoms with Crippen LogP contribution in [0.15, 0.2) is 30.5 Å². The summed E-state index contributed by atoms with van der Waals surface area (Å²) in [6.07, 6.45) is 2.35. The summed E-state index contributed by atoms with van der Waals surface area (Å²) < 4.78 is 16.7. The Labute approximate surface area is 156 Å². The number of amides is 2. The molecule has 0 aliphatic carbocycles. The van der Waals surface area contributed by atoms with E-state index in [2.05, 4.69) is 10.3 Å². The van der Waals surface area contributed by atoms with Gasteiger partial charge in [-0.3, -0.25) is 14.6 Å². The van der Waals surface area contributed by atoms with Gasteiger partial charge in [-0.1, -0.05) is 6.07 Å². The van der Waals surface area contributed by atoms with Crippen molar-refractivity contribution in [3.63, 3.8) is 0 Å². The summed E-state index contributed by atoms with van der Waals surface area (Å²) in [7, 11) is 1.74. The van der Waals surface area contributed by atoms with E-state index in [0.717, 1.165) is 11.3 Å². The van der Waals surface area contributed by atoms with E-state index >= 15 is 0 Å². The normalized spacial score (nSPS) is 14.7. The van der Waals surface area contributed by atoms with Gasteiger partial charge in [0.25, 0.3) is 11.8 Å². The fourth-order valence-electron chi connectivity index (χ4n) is 3.09. The van der Waals surface area contributed by atoms with Crippen LogP contribution in [0.5, 0.6) is 17.2 Å². The molecule has 0 unspecified atom stereocenters. The van der Waals surface area contributed by atoms with Crippen LogP contribution in [0.1, 0.15) is 21.6 Å². The molecule has 1 aromatic heterocycles. The summed E-state index contributed by atoms with van der Waals surface area (Å²) in [4.78, 5) is 30.6. The molecule has 0 radical (unpaired) electrons. The van der Waals surface area contributed by atoms with Crippen molar-refractivity contribution in [3.05, 3.63) is 47.3 Å². The first-order chi connectivity index (χ1) is 13.1. The Morgan fingerprint density at radius 1 is 1.37 bits per heavy atom. The molecule has 8 heteroatoms. The minimum atomic E-state index is -0.317. The second-order valence-corrected chi connectivity index (χ2v) is 6.34. The maximum absolute atomic E-state index is 12.6. The molecule has 1 aromatic carbocycles. The Kier molecular flexibility index (Phi) is 4.53. The summed E-state index contributed by atoms with van der Waals surface area (Å²) in [5.41, 5.74) is 2.02. The van der Waals surface area contributed by atoms with Crippen LogP contribution in [0.25, 0.3) is 0 Å². The van der Waals surface area contributed by atoms with Crippen molar-refractivity contribution in [1.29, 1.82) is 0 Å². The molecular formula is C19H19N3O5. The summed E-state index contributed by atoms with van der Waals surface area (Å²) in [5.74, 6) is 0.704. The Morgan fingerprint density at radius 3 is 3.07 bits per heavy atom. The van der Waals surface area contributed by atoms with Crippen molar-refractivity contribution in [2.75, 3.05) is 27.0 Å². The number of hydrogen-bond acceptors (Lipinski definition) is 6. The summed E-state index contributed by atoms with van der Waals surface area (Å²) in [5, 5.41) is 2.74. The van der Waals surface area contributed by atoms with Gasteiger partial charge in [-0.2, -0.15) is 0 Å². The molecule has 3 heterocycles. The van der Waals surface area contributed by atoms with Gasteiger partial charge >= 0.3 is 0 Å². The van der Waals surface area contributed by atoms with Crippen molar-refractivity contribution in [1.82, 2.24) is 15.2 Å². The number of nitrogens with zero attached hydrogens (tertiary/aromatic N) is 2. The number of likely N-dealkylation sites (N-methyl/N-ethyl adjacent to an activating group) is 1.